The fraction of sp³-hybridized carbons (Fsp3) is 0.562. The first-order chi connectivity index (χ1) is 10.1. The number of aliphatic carboxylic acids is 1. The van der Waals surface area contributed by atoms with Crippen molar-refractivity contribution in [2.24, 2.45) is 0 Å². The number of piperazine rings is 1. The van der Waals surface area contributed by atoms with Gasteiger partial charge in [0.1, 0.15) is 6.61 Å². The van der Waals surface area contributed by atoms with Gasteiger partial charge in [-0.3, -0.25) is 9.80 Å². The van der Waals surface area contributed by atoms with Crippen LogP contribution >= 0.6 is 0 Å². The fourth-order valence-corrected chi connectivity index (χ4v) is 2.48. The van der Waals surface area contributed by atoms with Crippen LogP contribution in [0.1, 0.15) is 11.1 Å². The highest BCUT2D eigenvalue weighted by Crippen LogP contribution is 2.09. The Hall–Kier alpha value is -1.43. The van der Waals surface area contributed by atoms with E-state index in [1.165, 1.54) is 11.1 Å². The van der Waals surface area contributed by atoms with Gasteiger partial charge in [-0.05, 0) is 12.5 Å². The van der Waals surface area contributed by atoms with Crippen LogP contribution in [0.2, 0.25) is 0 Å². The lowest BCUT2D eigenvalue weighted by Gasteiger charge is -2.34. The Balaban J connectivity index is 1.64. The highest BCUT2D eigenvalue weighted by molar-refractivity contribution is 5.67. The molecule has 0 atom stereocenters. The molecule has 1 N–H and O–H groups in total. The van der Waals surface area contributed by atoms with Crippen LogP contribution in [0.4, 0.5) is 0 Å². The molecule has 1 heterocycles. The molecular formula is C16H24N2O3. The predicted octanol–water partition coefficient (Wildman–Crippen LogP) is 1.21. The molecule has 5 heteroatoms. The highest BCUT2D eigenvalue weighted by atomic mass is 16.5. The van der Waals surface area contributed by atoms with Gasteiger partial charge in [0.25, 0.3) is 0 Å². The number of hydrogen-bond acceptors (Lipinski definition) is 4. The normalized spacial score (nSPS) is 17.0. The number of aryl methyl sites for hydroxylation is 1. The summed E-state index contributed by atoms with van der Waals surface area (Å²) in [5, 5.41) is 8.50. The Morgan fingerprint density at radius 2 is 1.76 bits per heavy atom. The Labute approximate surface area is 126 Å². The molecule has 0 aliphatic carbocycles. The molecule has 0 spiro atoms. The molecule has 1 aliphatic rings. The summed E-state index contributed by atoms with van der Waals surface area (Å²) in [6, 6.07) is 8.71. The van der Waals surface area contributed by atoms with Gasteiger partial charge in [-0.15, -0.1) is 0 Å². The summed E-state index contributed by atoms with van der Waals surface area (Å²) in [6.07, 6.45) is 0. The molecule has 116 valence electrons. The third kappa shape index (κ3) is 5.83. The molecule has 21 heavy (non-hydrogen) atoms. The number of carbonyl (C=O) groups is 1. The summed E-state index contributed by atoms with van der Waals surface area (Å²) in [5.74, 6) is -0.905. The summed E-state index contributed by atoms with van der Waals surface area (Å²) in [5.41, 5.74) is 2.66. The number of ether oxygens (including phenoxy) is 1. The summed E-state index contributed by atoms with van der Waals surface area (Å²) < 4.78 is 5.08. The van der Waals surface area contributed by atoms with Crippen molar-refractivity contribution in [3.05, 3.63) is 35.4 Å². The molecule has 0 saturated carbocycles. The second-order valence-electron chi connectivity index (χ2n) is 5.55. The molecule has 0 bridgehead atoms. The van der Waals surface area contributed by atoms with Crippen molar-refractivity contribution in [3.63, 3.8) is 0 Å². The maximum absolute atomic E-state index is 10.3. The molecule has 1 fully saturated rings. The van der Waals surface area contributed by atoms with Crippen LogP contribution in [0.3, 0.4) is 0 Å². The fourth-order valence-electron chi connectivity index (χ4n) is 2.48. The first-order valence-electron chi connectivity index (χ1n) is 7.43. The largest absolute Gasteiger partial charge is 0.480 e. The van der Waals surface area contributed by atoms with Crippen LogP contribution in [0.15, 0.2) is 24.3 Å². The molecule has 2 rings (SSSR count). The zero-order valence-electron chi connectivity index (χ0n) is 12.6. The number of carboxylic acid groups (broad SMARTS) is 1. The lowest BCUT2D eigenvalue weighted by atomic mass is 10.1. The van der Waals surface area contributed by atoms with E-state index in [9.17, 15) is 4.79 Å². The Bertz CT molecular complexity index is 439. The van der Waals surface area contributed by atoms with Crippen LogP contribution in [0.5, 0.6) is 0 Å². The van der Waals surface area contributed by atoms with Crippen molar-refractivity contribution in [3.8, 4) is 0 Å². The van der Waals surface area contributed by atoms with Gasteiger partial charge in [-0.2, -0.15) is 0 Å². The average Bonchev–Trinajstić information content (AvgIpc) is 2.47. The molecule has 1 saturated heterocycles. The third-order valence-corrected chi connectivity index (χ3v) is 3.77. The molecule has 0 radical (unpaired) electrons. The quantitative estimate of drug-likeness (QED) is 0.766. The Morgan fingerprint density at radius 3 is 2.38 bits per heavy atom. The number of carboxylic acids is 1. The minimum Gasteiger partial charge on any atom is -0.480 e. The van der Waals surface area contributed by atoms with Gasteiger partial charge >= 0.3 is 5.97 Å². The number of hydrogen-bond donors (Lipinski definition) is 1. The first-order valence-corrected chi connectivity index (χ1v) is 7.43. The average molecular weight is 292 g/mol. The van der Waals surface area contributed by atoms with Gasteiger partial charge < -0.3 is 9.84 Å². The van der Waals surface area contributed by atoms with E-state index in [0.717, 1.165) is 39.3 Å². The van der Waals surface area contributed by atoms with E-state index >= 15 is 0 Å². The molecule has 0 amide bonds. The Kier molecular flexibility index (Phi) is 6.17. The monoisotopic (exact) mass is 292 g/mol. The summed E-state index contributed by atoms with van der Waals surface area (Å²) in [4.78, 5) is 15.1. The molecule has 0 unspecified atom stereocenters. The standard InChI is InChI=1S/C16H24N2O3/c1-14-2-4-15(5-3-14)12-18-8-6-17(7-9-18)10-11-21-13-16(19)20/h2-5H,6-13H2,1H3,(H,19,20). The van der Waals surface area contributed by atoms with E-state index in [1.807, 2.05) is 0 Å². The van der Waals surface area contributed by atoms with Gasteiger partial charge in [-0.1, -0.05) is 29.8 Å². The SMILES string of the molecule is Cc1ccc(CN2CCN(CCOCC(=O)O)CC2)cc1. The van der Waals surface area contributed by atoms with Crippen LogP contribution < -0.4 is 0 Å². The molecular weight excluding hydrogens is 268 g/mol. The van der Waals surface area contributed by atoms with Crippen molar-refractivity contribution in [1.29, 1.82) is 0 Å². The smallest absolute Gasteiger partial charge is 0.329 e. The third-order valence-electron chi connectivity index (χ3n) is 3.77. The van der Waals surface area contributed by atoms with E-state index in [2.05, 4.69) is 41.0 Å². The van der Waals surface area contributed by atoms with Gasteiger partial charge in [0.2, 0.25) is 0 Å². The lowest BCUT2D eigenvalue weighted by molar-refractivity contribution is -0.142. The zero-order chi connectivity index (χ0) is 15.1. The molecule has 1 aromatic carbocycles. The van der Waals surface area contributed by atoms with Crippen molar-refractivity contribution in [2.45, 2.75) is 13.5 Å². The maximum Gasteiger partial charge on any atom is 0.329 e. The van der Waals surface area contributed by atoms with Crippen LogP contribution in [0, 0.1) is 6.92 Å². The zero-order valence-corrected chi connectivity index (χ0v) is 12.6. The van der Waals surface area contributed by atoms with Gasteiger partial charge in [0.15, 0.2) is 0 Å². The molecule has 1 aromatic rings. The molecule has 1 aliphatic heterocycles. The topological polar surface area (TPSA) is 53.0 Å². The summed E-state index contributed by atoms with van der Waals surface area (Å²) in [6.45, 7) is 8.34. The van der Waals surface area contributed by atoms with Crippen LogP contribution in [0.25, 0.3) is 0 Å². The number of rotatable bonds is 7. The second kappa shape index (κ2) is 8.12. The van der Waals surface area contributed by atoms with Crippen molar-refractivity contribution in [1.82, 2.24) is 9.80 Å². The van der Waals surface area contributed by atoms with Crippen molar-refractivity contribution in [2.75, 3.05) is 45.9 Å². The Morgan fingerprint density at radius 1 is 1.14 bits per heavy atom. The van der Waals surface area contributed by atoms with Crippen molar-refractivity contribution < 1.29 is 14.6 Å². The van der Waals surface area contributed by atoms with E-state index in [0.29, 0.717) is 6.61 Å². The highest BCUT2D eigenvalue weighted by Gasteiger charge is 2.16. The van der Waals surface area contributed by atoms with Gasteiger partial charge in [0.05, 0.1) is 6.61 Å². The first kappa shape index (κ1) is 15.9. The minimum absolute atomic E-state index is 0.201. The number of nitrogens with zero attached hydrogens (tertiary/aromatic N) is 2. The minimum atomic E-state index is -0.905. The van der Waals surface area contributed by atoms with Gasteiger partial charge in [-0.25, -0.2) is 4.79 Å². The van der Waals surface area contributed by atoms with E-state index in [-0.39, 0.29) is 6.61 Å². The van der Waals surface area contributed by atoms with Crippen LogP contribution in [-0.2, 0) is 16.1 Å². The van der Waals surface area contributed by atoms with E-state index in [4.69, 9.17) is 9.84 Å². The second-order valence-corrected chi connectivity index (χ2v) is 5.55. The lowest BCUT2D eigenvalue weighted by Crippen LogP contribution is -2.46. The number of benzene rings is 1. The van der Waals surface area contributed by atoms with E-state index < -0.39 is 5.97 Å². The van der Waals surface area contributed by atoms with Crippen LogP contribution in [-0.4, -0.2) is 66.8 Å². The van der Waals surface area contributed by atoms with E-state index in [1.54, 1.807) is 0 Å². The van der Waals surface area contributed by atoms with Crippen molar-refractivity contribution >= 4 is 5.97 Å². The molecule has 5 nitrogen and oxygen atoms in total. The summed E-state index contributed by atoms with van der Waals surface area (Å²) >= 11 is 0. The molecule has 0 aromatic heterocycles. The maximum atomic E-state index is 10.3. The predicted molar refractivity (Wildman–Crippen MR) is 81.4 cm³/mol. The summed E-state index contributed by atoms with van der Waals surface area (Å²) in [7, 11) is 0. The van der Waals surface area contributed by atoms with Gasteiger partial charge in [0, 0.05) is 39.3 Å².